The first-order valence-electron chi connectivity index (χ1n) is 20.7. The number of alkyl halides is 24. The van der Waals surface area contributed by atoms with Crippen LogP contribution in [0.4, 0.5) is 105 Å². The second-order valence-electron chi connectivity index (χ2n) is 16.8. The number of halogens is 24. The Morgan fingerprint density at radius 1 is 0.427 bits per heavy atom. The molecule has 0 atom stereocenters. The average molecular weight is 1100 g/mol. The number of ketones is 1. The van der Waals surface area contributed by atoms with Crippen molar-refractivity contribution in [2.75, 3.05) is 0 Å². The molecule has 0 aliphatic rings. The minimum atomic E-state index is -6.13. The third-order valence-corrected chi connectivity index (χ3v) is 11.3. The fourth-order valence-corrected chi connectivity index (χ4v) is 7.96. The molecule has 0 aliphatic heterocycles. The Morgan fingerprint density at radius 3 is 0.907 bits per heavy atom. The number of nitrogens with zero attached hydrogens (tertiary/aromatic N) is 2. The van der Waals surface area contributed by atoms with Crippen LogP contribution in [-0.2, 0) is 56.0 Å². The van der Waals surface area contributed by atoms with Gasteiger partial charge in [0, 0.05) is 11.5 Å². The summed E-state index contributed by atoms with van der Waals surface area (Å²) in [6.45, 7) is 4.56. The summed E-state index contributed by atoms with van der Waals surface area (Å²) in [5.74, 6) is 0.468. The Hall–Kier alpha value is -6.77. The highest BCUT2D eigenvalue weighted by atomic mass is 19.4. The van der Waals surface area contributed by atoms with Crippen molar-refractivity contribution in [3.63, 3.8) is 0 Å². The Labute approximate surface area is 406 Å². The maximum absolute atomic E-state index is 14.2. The fourth-order valence-electron chi connectivity index (χ4n) is 7.96. The minimum absolute atomic E-state index is 0.119. The molecule has 0 radical (unpaired) electrons. The lowest BCUT2D eigenvalue weighted by Crippen LogP contribution is -2.75. The van der Waals surface area contributed by atoms with Gasteiger partial charge in [-0.25, -0.2) is 0 Å². The van der Waals surface area contributed by atoms with E-state index in [0.717, 1.165) is 11.3 Å². The lowest BCUT2D eigenvalue weighted by molar-refractivity contribution is -0.692. The molecule has 0 fully saturated rings. The van der Waals surface area contributed by atoms with Gasteiger partial charge in [0.1, 0.15) is 6.15 Å². The van der Waals surface area contributed by atoms with Crippen molar-refractivity contribution < 1.29 is 115 Å². The van der Waals surface area contributed by atoms with Gasteiger partial charge in [-0.3, -0.25) is 9.78 Å². The molecule has 0 saturated carbocycles. The second-order valence-corrected chi connectivity index (χ2v) is 16.8. The van der Waals surface area contributed by atoms with Gasteiger partial charge >= 0.3 is 49.4 Å². The molecule has 0 saturated heterocycles. The van der Waals surface area contributed by atoms with E-state index in [1.54, 1.807) is 6.20 Å². The summed E-state index contributed by atoms with van der Waals surface area (Å²) >= 11 is 0. The van der Waals surface area contributed by atoms with Crippen LogP contribution >= 0.6 is 0 Å². The van der Waals surface area contributed by atoms with Crippen molar-refractivity contribution in [3.05, 3.63) is 177 Å². The van der Waals surface area contributed by atoms with Crippen LogP contribution in [0.3, 0.4) is 0 Å². The molecule has 75 heavy (non-hydrogen) atoms. The summed E-state index contributed by atoms with van der Waals surface area (Å²) < 4.78 is 343. The minimum Gasteiger partial charge on any atom is -0.287 e. The first-order chi connectivity index (χ1) is 33.9. The van der Waals surface area contributed by atoms with Crippen molar-refractivity contribution in [1.82, 2.24) is 4.98 Å². The predicted octanol–water partition coefficient (Wildman–Crippen LogP) is 13.6. The Kier molecular flexibility index (Phi) is 16.1. The van der Waals surface area contributed by atoms with Crippen LogP contribution < -0.4 is 26.4 Å². The van der Waals surface area contributed by atoms with Crippen molar-refractivity contribution in [3.8, 4) is 0 Å². The van der Waals surface area contributed by atoms with Gasteiger partial charge in [-0.15, -0.1) is 0 Å². The highest BCUT2D eigenvalue weighted by molar-refractivity contribution is 7.20. The maximum atomic E-state index is 14.2. The molecule has 0 aliphatic carbocycles. The van der Waals surface area contributed by atoms with Gasteiger partial charge in [0.05, 0.1) is 56.9 Å². The summed E-state index contributed by atoms with van der Waals surface area (Å²) in [6, 6.07) is 0.561. The van der Waals surface area contributed by atoms with Crippen molar-refractivity contribution >= 4 is 33.8 Å². The van der Waals surface area contributed by atoms with E-state index >= 15 is 0 Å². The fraction of sp³-hybridized carbons (Fsp3) is 0.255. The molecule has 6 rings (SSSR count). The monoisotopic (exact) mass is 1100 g/mol. The average Bonchev–Trinajstić information content (AvgIpc) is 3.27. The molecule has 0 N–H and O–H groups in total. The number of hydrogen-bond donors (Lipinski definition) is 0. The summed E-state index contributed by atoms with van der Waals surface area (Å²) in [4.78, 5) is 16.3. The van der Waals surface area contributed by atoms with Crippen LogP contribution in [-0.4, -0.2) is 16.9 Å². The third kappa shape index (κ3) is 13.8. The Bertz CT molecular complexity index is 2580. The molecule has 1 heterocycles. The third-order valence-electron chi connectivity index (χ3n) is 11.3. The van der Waals surface area contributed by atoms with Gasteiger partial charge in [-0.1, -0.05) is 92.7 Å². The van der Waals surface area contributed by atoms with E-state index in [0.29, 0.717) is 12.5 Å². The summed E-state index contributed by atoms with van der Waals surface area (Å²) in [5.41, 5.74) is -28.4. The molecule has 0 bridgehead atoms. The van der Waals surface area contributed by atoms with Gasteiger partial charge < -0.3 is 0 Å². The zero-order valence-corrected chi connectivity index (χ0v) is 37.3. The van der Waals surface area contributed by atoms with Crippen LogP contribution in [0.25, 0.3) is 0 Å². The summed E-state index contributed by atoms with van der Waals surface area (Å²) in [7, 11) is 0. The van der Waals surface area contributed by atoms with Gasteiger partial charge in [0.15, 0.2) is 6.20 Å². The molecule has 5 aromatic carbocycles. The van der Waals surface area contributed by atoms with Crippen molar-refractivity contribution in [2.24, 2.45) is 0 Å². The molecule has 3 nitrogen and oxygen atoms in total. The quantitative estimate of drug-likeness (QED) is 0.0659. The number of carbonyl (C=O) groups is 1. The zero-order chi connectivity index (χ0) is 56.9. The highest BCUT2D eigenvalue weighted by Gasteiger charge is 2.47. The molecular weight excluding hydrogens is 1080 g/mol. The van der Waals surface area contributed by atoms with Crippen molar-refractivity contribution in [2.45, 2.75) is 75.7 Å². The number of benzene rings is 5. The normalized spacial score (nSPS) is 13.4. The lowest BCUT2D eigenvalue weighted by Gasteiger charge is -2.46. The molecule has 0 spiro atoms. The van der Waals surface area contributed by atoms with E-state index in [1.807, 2.05) is 47.3 Å². The number of Topliss-reactive ketones (excluding diaryl/α,β-unsaturated/α-hetero) is 1. The van der Waals surface area contributed by atoms with Crippen LogP contribution in [0, 0.1) is 0 Å². The molecular formula is C47H29BF24N2O. The first kappa shape index (κ1) is 59.1. The van der Waals surface area contributed by atoms with Gasteiger partial charge in [-0.05, 0) is 24.3 Å². The second kappa shape index (κ2) is 20.4. The highest BCUT2D eigenvalue weighted by Crippen LogP contribution is 2.41. The van der Waals surface area contributed by atoms with Gasteiger partial charge in [-0.2, -0.15) is 132 Å². The van der Waals surface area contributed by atoms with Gasteiger partial charge in [0.2, 0.25) is 18.0 Å². The SMILES string of the molecule is CC(C)c1cncc[n+]1CC(=O)c1ccccc1.FC(F)(F)c1cc([B-](c2cc(C(F)(F)F)cc(C(F)(F)F)c2)(c2cc(C(F)(F)F)cc(C(F)(F)F)c2)c2cc(C(F)(F)F)cc(C(F)(F)F)c2)cc(C(F)(F)F)c1. The van der Waals surface area contributed by atoms with E-state index in [2.05, 4.69) is 18.8 Å². The van der Waals surface area contributed by atoms with E-state index in [1.165, 1.54) is 0 Å². The van der Waals surface area contributed by atoms with Crippen LogP contribution in [0.5, 0.6) is 0 Å². The molecule has 0 unspecified atom stereocenters. The zero-order valence-electron chi connectivity index (χ0n) is 37.3. The molecule has 6 aromatic rings. The van der Waals surface area contributed by atoms with E-state index in [4.69, 9.17) is 0 Å². The smallest absolute Gasteiger partial charge is 0.287 e. The van der Waals surface area contributed by atoms with Crippen LogP contribution in [0.2, 0.25) is 0 Å². The van der Waals surface area contributed by atoms with Crippen LogP contribution in [0.1, 0.15) is 80.3 Å². The number of carbonyl (C=O) groups excluding carboxylic acids is 1. The number of rotatable bonds is 8. The number of aromatic nitrogens is 2. The first-order valence-corrected chi connectivity index (χ1v) is 20.7. The lowest BCUT2D eigenvalue weighted by atomic mass is 9.12. The maximum Gasteiger partial charge on any atom is 0.416 e. The molecule has 28 heteroatoms. The molecule has 1 aromatic heterocycles. The Morgan fingerprint density at radius 2 is 0.680 bits per heavy atom. The Balaban J connectivity index is 0.000000483. The standard InChI is InChI=1S/C32H12BF24.C15H17N2O/c34-25(35,36)13-1-14(26(37,38)39)6-21(5-13)33(22-7-15(27(40,41)42)2-16(8-22)28(43,44)45,23-9-17(29(46,47)48)3-18(10-23)30(49,50)51)24-11-19(31(52,53)54)4-20(12-24)32(55,56)57;1-12(2)14-10-16-8-9-17(14)11-15(18)13-6-4-3-5-7-13/h1-12H;3-10,12H,11H2,1-2H3/q-1;+1. The topological polar surface area (TPSA) is 33.8 Å². The largest absolute Gasteiger partial charge is 0.416 e. The van der Waals surface area contributed by atoms with Crippen LogP contribution in [0.15, 0.2) is 122 Å². The van der Waals surface area contributed by atoms with E-state index in [-0.39, 0.29) is 5.78 Å². The van der Waals surface area contributed by atoms with E-state index in [9.17, 15) is 110 Å². The predicted molar refractivity (Wildman–Crippen MR) is 219 cm³/mol. The number of hydrogen-bond acceptors (Lipinski definition) is 2. The summed E-state index contributed by atoms with van der Waals surface area (Å²) in [6.07, 6.45) is -49.4. The summed E-state index contributed by atoms with van der Waals surface area (Å²) in [5, 5.41) is 0. The van der Waals surface area contributed by atoms with Crippen molar-refractivity contribution in [1.29, 1.82) is 0 Å². The van der Waals surface area contributed by atoms with E-state index < -0.39 is 195 Å². The van der Waals surface area contributed by atoms with Gasteiger partial charge in [0.25, 0.3) is 0 Å². The molecule has 404 valence electrons. The molecule has 0 amide bonds.